The van der Waals surface area contributed by atoms with E-state index in [0.29, 0.717) is 5.69 Å². The predicted octanol–water partition coefficient (Wildman–Crippen LogP) is 5.16. The maximum absolute atomic E-state index is 12.8. The molecule has 0 heterocycles. The van der Waals surface area contributed by atoms with Crippen molar-refractivity contribution in [2.45, 2.75) is 0 Å². The zero-order valence-corrected chi connectivity index (χ0v) is 17.4. The van der Waals surface area contributed by atoms with Crippen molar-refractivity contribution in [1.29, 1.82) is 0 Å². The number of nitro groups is 2. The van der Waals surface area contributed by atoms with Crippen LogP contribution >= 0.6 is 0 Å². The largest absolute Gasteiger partial charge is 0.322 e. The quantitative estimate of drug-likeness (QED) is 0.303. The number of carbonyl (C=O) groups excluding carboxylic acids is 2. The van der Waals surface area contributed by atoms with Crippen LogP contribution in [0.4, 0.5) is 22.7 Å². The lowest BCUT2D eigenvalue weighted by Gasteiger charge is -2.10. The smallest absolute Gasteiger partial charge is 0.289 e. The van der Waals surface area contributed by atoms with Crippen molar-refractivity contribution in [3.05, 3.63) is 116 Å². The van der Waals surface area contributed by atoms with Gasteiger partial charge in [-0.15, -0.1) is 0 Å². The van der Waals surface area contributed by atoms with E-state index in [2.05, 4.69) is 10.6 Å². The zero-order chi connectivity index (χ0) is 24.2. The molecule has 0 atom stereocenters. The Balaban J connectivity index is 1.56. The first kappa shape index (κ1) is 22.1. The standard InChI is InChI=1S/C24H16N4O6/c29-23(26-21-10-4-6-15-5-1-2-9-19(15)21)16-7-3-8-17(13-16)25-24(30)20-12-11-18(27(31)32)14-22(20)28(33)34/h1-14H,(H,25,30)(H,26,29). The molecular formula is C24H16N4O6. The Morgan fingerprint density at radius 2 is 1.44 bits per heavy atom. The van der Waals surface area contributed by atoms with Gasteiger partial charge in [-0.1, -0.05) is 42.5 Å². The zero-order valence-electron chi connectivity index (χ0n) is 17.4. The molecule has 10 heteroatoms. The van der Waals surface area contributed by atoms with E-state index in [4.69, 9.17) is 0 Å². The van der Waals surface area contributed by atoms with Gasteiger partial charge in [0.2, 0.25) is 0 Å². The Hall–Kier alpha value is -5.12. The van der Waals surface area contributed by atoms with Crippen LogP contribution in [0.5, 0.6) is 0 Å². The van der Waals surface area contributed by atoms with E-state index in [-0.39, 0.29) is 16.8 Å². The van der Waals surface area contributed by atoms with E-state index in [1.807, 2.05) is 36.4 Å². The molecule has 2 amide bonds. The Morgan fingerprint density at radius 3 is 2.21 bits per heavy atom. The number of hydrogen-bond acceptors (Lipinski definition) is 6. The van der Waals surface area contributed by atoms with Crippen molar-refractivity contribution >= 4 is 45.3 Å². The Bertz CT molecular complexity index is 1460. The molecule has 0 aromatic heterocycles. The molecule has 168 valence electrons. The van der Waals surface area contributed by atoms with Crippen molar-refractivity contribution in [3.8, 4) is 0 Å². The second-order valence-corrected chi connectivity index (χ2v) is 7.23. The maximum atomic E-state index is 12.8. The minimum atomic E-state index is -0.865. The summed E-state index contributed by atoms with van der Waals surface area (Å²) in [5.74, 6) is -1.25. The Morgan fingerprint density at radius 1 is 0.706 bits per heavy atom. The average molecular weight is 456 g/mol. The number of fused-ring (bicyclic) bond motifs is 1. The molecule has 0 unspecified atom stereocenters. The van der Waals surface area contributed by atoms with Crippen LogP contribution in [0.15, 0.2) is 84.9 Å². The number of hydrogen-bond donors (Lipinski definition) is 2. The van der Waals surface area contributed by atoms with Gasteiger partial charge in [0.05, 0.1) is 15.9 Å². The van der Waals surface area contributed by atoms with Crippen molar-refractivity contribution in [3.63, 3.8) is 0 Å². The number of carbonyl (C=O) groups is 2. The highest BCUT2D eigenvalue weighted by Crippen LogP contribution is 2.26. The third-order valence-electron chi connectivity index (χ3n) is 5.05. The molecule has 4 rings (SSSR count). The summed E-state index contributed by atoms with van der Waals surface area (Å²) >= 11 is 0. The molecule has 4 aromatic rings. The van der Waals surface area contributed by atoms with E-state index in [1.54, 1.807) is 18.2 Å². The maximum Gasteiger partial charge on any atom is 0.289 e. The lowest BCUT2D eigenvalue weighted by molar-refractivity contribution is -0.394. The fourth-order valence-electron chi connectivity index (χ4n) is 3.44. The molecule has 0 saturated heterocycles. The number of nitrogens with zero attached hydrogens (tertiary/aromatic N) is 2. The number of nitrogens with one attached hydrogen (secondary N) is 2. The highest BCUT2D eigenvalue weighted by Gasteiger charge is 2.24. The van der Waals surface area contributed by atoms with Crippen LogP contribution in [0.3, 0.4) is 0 Å². The summed E-state index contributed by atoms with van der Waals surface area (Å²) in [5.41, 5.74) is -0.445. The summed E-state index contributed by atoms with van der Waals surface area (Å²) in [5, 5.41) is 29.4. The fraction of sp³-hybridized carbons (Fsp3) is 0. The van der Waals surface area contributed by atoms with Gasteiger partial charge in [0.15, 0.2) is 0 Å². The summed E-state index contributed by atoms with van der Waals surface area (Å²) in [7, 11) is 0. The molecule has 10 nitrogen and oxygen atoms in total. The summed E-state index contributed by atoms with van der Waals surface area (Å²) in [4.78, 5) is 46.0. The minimum absolute atomic E-state index is 0.225. The fourth-order valence-corrected chi connectivity index (χ4v) is 3.44. The van der Waals surface area contributed by atoms with Crippen molar-refractivity contribution in [2.75, 3.05) is 10.6 Å². The van der Waals surface area contributed by atoms with Gasteiger partial charge in [0, 0.05) is 28.4 Å². The van der Waals surface area contributed by atoms with E-state index < -0.39 is 33.0 Å². The predicted molar refractivity (Wildman–Crippen MR) is 126 cm³/mol. The van der Waals surface area contributed by atoms with Crippen LogP contribution in [0.25, 0.3) is 10.8 Å². The van der Waals surface area contributed by atoms with Gasteiger partial charge in [0.25, 0.3) is 23.2 Å². The molecule has 0 saturated carbocycles. The number of anilines is 2. The highest BCUT2D eigenvalue weighted by atomic mass is 16.6. The average Bonchev–Trinajstić information content (AvgIpc) is 2.84. The summed E-state index contributed by atoms with van der Waals surface area (Å²) < 4.78 is 0. The minimum Gasteiger partial charge on any atom is -0.322 e. The van der Waals surface area contributed by atoms with Crippen LogP contribution in [-0.2, 0) is 0 Å². The highest BCUT2D eigenvalue weighted by molar-refractivity contribution is 6.11. The third kappa shape index (κ3) is 4.55. The van der Waals surface area contributed by atoms with Gasteiger partial charge < -0.3 is 10.6 Å². The Kier molecular flexibility index (Phi) is 5.95. The van der Waals surface area contributed by atoms with Crippen LogP contribution < -0.4 is 10.6 Å². The van der Waals surface area contributed by atoms with E-state index >= 15 is 0 Å². The van der Waals surface area contributed by atoms with Crippen LogP contribution in [0, 0.1) is 20.2 Å². The molecule has 0 bridgehead atoms. The number of benzene rings is 4. The van der Waals surface area contributed by atoms with Crippen LogP contribution in [0.2, 0.25) is 0 Å². The number of nitro benzene ring substituents is 2. The van der Waals surface area contributed by atoms with E-state index in [9.17, 15) is 29.8 Å². The summed E-state index contributed by atoms with van der Waals surface area (Å²) in [6.45, 7) is 0. The molecular weight excluding hydrogens is 440 g/mol. The van der Waals surface area contributed by atoms with Gasteiger partial charge in [-0.05, 0) is 35.7 Å². The van der Waals surface area contributed by atoms with Crippen molar-refractivity contribution in [2.24, 2.45) is 0 Å². The normalized spacial score (nSPS) is 10.5. The van der Waals surface area contributed by atoms with Gasteiger partial charge >= 0.3 is 0 Å². The van der Waals surface area contributed by atoms with E-state index in [1.165, 1.54) is 12.1 Å². The van der Waals surface area contributed by atoms with Gasteiger partial charge in [-0.2, -0.15) is 0 Å². The molecule has 0 fully saturated rings. The first-order chi connectivity index (χ1) is 16.3. The van der Waals surface area contributed by atoms with Crippen molar-refractivity contribution in [1.82, 2.24) is 0 Å². The molecule has 0 aliphatic heterocycles. The number of rotatable bonds is 6. The first-order valence-electron chi connectivity index (χ1n) is 9.97. The SMILES string of the molecule is O=C(Nc1cccc2ccccc12)c1cccc(NC(=O)c2ccc([N+](=O)[O-])cc2[N+](=O)[O-])c1. The second-order valence-electron chi connectivity index (χ2n) is 7.23. The van der Waals surface area contributed by atoms with E-state index in [0.717, 1.165) is 29.0 Å². The van der Waals surface area contributed by atoms with Crippen molar-refractivity contribution < 1.29 is 19.4 Å². The molecule has 0 radical (unpaired) electrons. The second kappa shape index (κ2) is 9.17. The summed E-state index contributed by atoms with van der Waals surface area (Å²) in [6, 6.07) is 21.9. The first-order valence-corrected chi connectivity index (χ1v) is 9.97. The number of amides is 2. The number of non-ortho nitro benzene ring substituents is 1. The topological polar surface area (TPSA) is 144 Å². The molecule has 0 aliphatic carbocycles. The lowest BCUT2D eigenvalue weighted by atomic mass is 10.1. The third-order valence-corrected chi connectivity index (χ3v) is 5.05. The monoisotopic (exact) mass is 456 g/mol. The molecule has 2 N–H and O–H groups in total. The summed E-state index contributed by atoms with van der Waals surface area (Å²) in [6.07, 6.45) is 0. The Labute approximate surface area is 192 Å². The lowest BCUT2D eigenvalue weighted by Crippen LogP contribution is -2.16. The van der Waals surface area contributed by atoms with Gasteiger partial charge in [-0.25, -0.2) is 0 Å². The molecule has 34 heavy (non-hydrogen) atoms. The van der Waals surface area contributed by atoms with Gasteiger partial charge in [0.1, 0.15) is 5.56 Å². The molecule has 4 aromatic carbocycles. The van der Waals surface area contributed by atoms with Crippen LogP contribution in [0.1, 0.15) is 20.7 Å². The van der Waals surface area contributed by atoms with Crippen LogP contribution in [-0.4, -0.2) is 21.7 Å². The van der Waals surface area contributed by atoms with Gasteiger partial charge in [-0.3, -0.25) is 29.8 Å². The molecule has 0 aliphatic rings. The molecule has 0 spiro atoms.